The largest absolute Gasteiger partial charge is 0.481 e. The highest BCUT2D eigenvalue weighted by Gasteiger charge is 2.41. The molecule has 0 aromatic carbocycles. The molecule has 1 saturated carbocycles. The van der Waals surface area contributed by atoms with E-state index in [1.54, 1.807) is 0 Å². The molecule has 90 valence electrons. The Labute approximate surface area is 101 Å². The summed E-state index contributed by atoms with van der Waals surface area (Å²) in [4.78, 5) is 15.7. The zero-order chi connectivity index (χ0) is 11.8. The summed E-state index contributed by atoms with van der Waals surface area (Å²) in [5, 5.41) is 9.27. The van der Waals surface area contributed by atoms with Crippen molar-refractivity contribution in [3.05, 3.63) is 29.6 Å². The third kappa shape index (κ3) is 1.74. The minimum absolute atomic E-state index is 0.145. The molecule has 3 atom stereocenters. The monoisotopic (exact) mass is 231 g/mol. The molecule has 3 unspecified atom stereocenters. The molecule has 2 aliphatic rings. The van der Waals surface area contributed by atoms with E-state index in [2.05, 4.69) is 11.1 Å². The quantitative estimate of drug-likeness (QED) is 0.851. The number of aromatic nitrogens is 1. The maximum Gasteiger partial charge on any atom is 0.306 e. The molecule has 3 heteroatoms. The van der Waals surface area contributed by atoms with Gasteiger partial charge in [0.1, 0.15) is 0 Å². The number of aryl methyl sites for hydroxylation is 1. The SMILES string of the molecule is O=C(O)C1CCCC1C1CCc2cccnc21. The summed E-state index contributed by atoms with van der Waals surface area (Å²) in [5.41, 5.74) is 2.50. The molecular formula is C14H17NO2. The van der Waals surface area contributed by atoms with Crippen molar-refractivity contribution in [1.82, 2.24) is 4.98 Å². The van der Waals surface area contributed by atoms with E-state index in [4.69, 9.17) is 0 Å². The van der Waals surface area contributed by atoms with Crippen LogP contribution in [-0.2, 0) is 11.2 Å². The van der Waals surface area contributed by atoms with E-state index in [1.165, 1.54) is 11.3 Å². The molecule has 1 N–H and O–H groups in total. The third-order valence-corrected chi connectivity index (χ3v) is 4.41. The van der Waals surface area contributed by atoms with E-state index < -0.39 is 5.97 Å². The summed E-state index contributed by atoms with van der Waals surface area (Å²) in [6.45, 7) is 0. The lowest BCUT2D eigenvalue weighted by molar-refractivity contribution is -0.143. The molecule has 0 bridgehead atoms. The lowest BCUT2D eigenvalue weighted by Gasteiger charge is -2.22. The second kappa shape index (κ2) is 4.13. The fourth-order valence-corrected chi connectivity index (χ4v) is 3.64. The summed E-state index contributed by atoms with van der Waals surface area (Å²) in [7, 11) is 0. The number of hydrogen-bond donors (Lipinski definition) is 1. The molecule has 0 aliphatic heterocycles. The van der Waals surface area contributed by atoms with Crippen LogP contribution >= 0.6 is 0 Å². The predicted octanol–water partition coefficient (Wildman–Crippen LogP) is 2.61. The highest BCUT2D eigenvalue weighted by atomic mass is 16.4. The fourth-order valence-electron chi connectivity index (χ4n) is 3.64. The Hall–Kier alpha value is -1.38. The van der Waals surface area contributed by atoms with Crippen molar-refractivity contribution in [1.29, 1.82) is 0 Å². The van der Waals surface area contributed by atoms with Gasteiger partial charge in [-0.05, 0) is 43.2 Å². The van der Waals surface area contributed by atoms with Crippen molar-refractivity contribution in [2.45, 2.75) is 38.0 Å². The minimum atomic E-state index is -0.614. The first-order valence-electron chi connectivity index (χ1n) is 6.44. The van der Waals surface area contributed by atoms with Gasteiger partial charge in [0.2, 0.25) is 0 Å². The maximum atomic E-state index is 11.3. The van der Waals surface area contributed by atoms with Crippen molar-refractivity contribution in [2.24, 2.45) is 11.8 Å². The van der Waals surface area contributed by atoms with E-state index in [9.17, 15) is 9.90 Å². The van der Waals surface area contributed by atoms with Crippen LogP contribution in [0.25, 0.3) is 0 Å². The minimum Gasteiger partial charge on any atom is -0.481 e. The Kier molecular flexibility index (Phi) is 2.61. The van der Waals surface area contributed by atoms with Crippen LogP contribution in [0.5, 0.6) is 0 Å². The van der Waals surface area contributed by atoms with Gasteiger partial charge in [0.25, 0.3) is 0 Å². The summed E-state index contributed by atoms with van der Waals surface area (Å²) < 4.78 is 0. The molecule has 1 fully saturated rings. The zero-order valence-electron chi connectivity index (χ0n) is 9.80. The number of carbonyl (C=O) groups is 1. The first-order valence-corrected chi connectivity index (χ1v) is 6.44. The van der Waals surface area contributed by atoms with Crippen LogP contribution in [0.2, 0.25) is 0 Å². The van der Waals surface area contributed by atoms with Crippen molar-refractivity contribution in [3.63, 3.8) is 0 Å². The van der Waals surface area contributed by atoms with E-state index in [1.807, 2.05) is 12.3 Å². The Morgan fingerprint density at radius 1 is 1.35 bits per heavy atom. The average Bonchev–Trinajstić information content (AvgIpc) is 2.94. The number of fused-ring (bicyclic) bond motifs is 1. The van der Waals surface area contributed by atoms with Gasteiger partial charge >= 0.3 is 5.97 Å². The van der Waals surface area contributed by atoms with Crippen molar-refractivity contribution >= 4 is 5.97 Å². The van der Waals surface area contributed by atoms with Crippen LogP contribution in [0.1, 0.15) is 42.9 Å². The van der Waals surface area contributed by atoms with Crippen LogP contribution in [-0.4, -0.2) is 16.1 Å². The summed E-state index contributed by atoms with van der Waals surface area (Å²) in [6.07, 6.45) is 6.94. The number of carboxylic acids is 1. The van der Waals surface area contributed by atoms with E-state index in [0.717, 1.165) is 32.1 Å². The number of carboxylic acid groups (broad SMARTS) is 1. The molecule has 1 heterocycles. The first-order chi connectivity index (χ1) is 8.27. The summed E-state index contributed by atoms with van der Waals surface area (Å²) in [6, 6.07) is 4.11. The Morgan fingerprint density at radius 2 is 2.24 bits per heavy atom. The molecule has 0 saturated heterocycles. The Balaban J connectivity index is 1.89. The van der Waals surface area contributed by atoms with Crippen LogP contribution < -0.4 is 0 Å². The Bertz CT molecular complexity index is 444. The topological polar surface area (TPSA) is 50.2 Å². The van der Waals surface area contributed by atoms with Crippen molar-refractivity contribution < 1.29 is 9.90 Å². The lowest BCUT2D eigenvalue weighted by atomic mass is 9.82. The van der Waals surface area contributed by atoms with Crippen molar-refractivity contribution in [3.8, 4) is 0 Å². The third-order valence-electron chi connectivity index (χ3n) is 4.41. The molecule has 0 radical (unpaired) electrons. The standard InChI is InChI=1S/C14H17NO2/c16-14(17)12-5-1-4-10(12)11-7-6-9-3-2-8-15-13(9)11/h2-3,8,10-12H,1,4-7H2,(H,16,17). The Morgan fingerprint density at radius 3 is 3.06 bits per heavy atom. The normalized spacial score (nSPS) is 31.4. The van der Waals surface area contributed by atoms with Gasteiger partial charge in [0.05, 0.1) is 5.92 Å². The molecule has 2 aliphatic carbocycles. The summed E-state index contributed by atoms with van der Waals surface area (Å²) >= 11 is 0. The van der Waals surface area contributed by atoms with Gasteiger partial charge in [-0.3, -0.25) is 9.78 Å². The van der Waals surface area contributed by atoms with E-state index in [-0.39, 0.29) is 5.92 Å². The molecule has 17 heavy (non-hydrogen) atoms. The van der Waals surface area contributed by atoms with Gasteiger partial charge in [-0.25, -0.2) is 0 Å². The number of hydrogen-bond acceptors (Lipinski definition) is 2. The van der Waals surface area contributed by atoms with Crippen LogP contribution in [0.4, 0.5) is 0 Å². The lowest BCUT2D eigenvalue weighted by Crippen LogP contribution is -2.23. The number of pyridine rings is 1. The van der Waals surface area contributed by atoms with Crippen LogP contribution in [0.3, 0.4) is 0 Å². The molecular weight excluding hydrogens is 214 g/mol. The predicted molar refractivity (Wildman–Crippen MR) is 63.8 cm³/mol. The average molecular weight is 231 g/mol. The van der Waals surface area contributed by atoms with Gasteiger partial charge < -0.3 is 5.11 Å². The van der Waals surface area contributed by atoms with Gasteiger partial charge in [-0.2, -0.15) is 0 Å². The van der Waals surface area contributed by atoms with Gasteiger partial charge in [0, 0.05) is 17.8 Å². The van der Waals surface area contributed by atoms with Crippen LogP contribution in [0.15, 0.2) is 18.3 Å². The second-order valence-corrected chi connectivity index (χ2v) is 5.23. The first kappa shape index (κ1) is 10.8. The molecule has 3 rings (SSSR count). The zero-order valence-corrected chi connectivity index (χ0v) is 9.80. The molecule has 3 nitrogen and oxygen atoms in total. The maximum absolute atomic E-state index is 11.3. The molecule has 1 aromatic rings. The molecule has 1 aromatic heterocycles. The second-order valence-electron chi connectivity index (χ2n) is 5.23. The fraction of sp³-hybridized carbons (Fsp3) is 0.571. The van der Waals surface area contributed by atoms with Crippen molar-refractivity contribution in [2.75, 3.05) is 0 Å². The van der Waals surface area contributed by atoms with Gasteiger partial charge in [0.15, 0.2) is 0 Å². The van der Waals surface area contributed by atoms with Gasteiger partial charge in [-0.15, -0.1) is 0 Å². The smallest absolute Gasteiger partial charge is 0.306 e. The number of aliphatic carboxylic acids is 1. The highest BCUT2D eigenvalue weighted by molar-refractivity contribution is 5.71. The highest BCUT2D eigenvalue weighted by Crippen LogP contribution is 2.46. The van der Waals surface area contributed by atoms with Crippen LogP contribution in [0, 0.1) is 11.8 Å². The molecule has 0 amide bonds. The number of nitrogens with zero attached hydrogens (tertiary/aromatic N) is 1. The molecule has 0 spiro atoms. The summed E-state index contributed by atoms with van der Waals surface area (Å²) in [5.74, 6) is -0.0664. The van der Waals surface area contributed by atoms with E-state index >= 15 is 0 Å². The van der Waals surface area contributed by atoms with E-state index in [0.29, 0.717) is 11.8 Å². The number of rotatable bonds is 2. The van der Waals surface area contributed by atoms with Gasteiger partial charge in [-0.1, -0.05) is 12.5 Å².